The van der Waals surface area contributed by atoms with Crippen LogP contribution in [0.2, 0.25) is 0 Å². The molecule has 0 fully saturated rings. The molecule has 0 rings (SSSR count). The fourth-order valence-electron chi connectivity index (χ4n) is 8.46. The quantitative estimate of drug-likeness (QED) is 0.0577. The summed E-state index contributed by atoms with van der Waals surface area (Å²) in [5, 5.41) is 0. The average molecular weight is 794 g/mol. The van der Waals surface area contributed by atoms with Crippen LogP contribution in [0.1, 0.15) is 310 Å². The van der Waals surface area contributed by atoms with Gasteiger partial charge < -0.3 is 36.7 Å². The first-order valence-electron chi connectivity index (χ1n) is 24.5. The Balaban J connectivity index is -0.00000400. The Bertz CT molecular complexity index is 522. The van der Waals surface area contributed by atoms with E-state index < -0.39 is 0 Å². The molecule has 0 radical (unpaired) electrons. The van der Waals surface area contributed by atoms with E-state index in [1.807, 2.05) is 0 Å². The lowest BCUT2D eigenvalue weighted by Gasteiger charge is -2.26. The number of halogens is 2. The third-order valence-electron chi connectivity index (χ3n) is 12.2. The Hall–Kier alpha value is 0.500. The Morgan fingerprint density at radius 1 is 0.226 bits per heavy atom. The van der Waals surface area contributed by atoms with Gasteiger partial charge in [-0.25, -0.2) is 0 Å². The van der Waals surface area contributed by atoms with Gasteiger partial charge in [0, 0.05) is 19.3 Å². The van der Waals surface area contributed by atoms with Crippen molar-refractivity contribution in [1.29, 1.82) is 0 Å². The van der Waals surface area contributed by atoms with Crippen molar-refractivity contribution in [2.45, 2.75) is 315 Å². The molecule has 0 atom stereocenters. The van der Waals surface area contributed by atoms with Crippen molar-refractivity contribution in [3.05, 3.63) is 0 Å². The Labute approximate surface area is 350 Å². The number of unbranched alkanes of at least 4 members (excludes halogenated alkanes) is 39. The summed E-state index contributed by atoms with van der Waals surface area (Å²) >= 11 is 0. The van der Waals surface area contributed by atoms with Gasteiger partial charge in [-0.2, -0.15) is 0 Å². The van der Waals surface area contributed by atoms with Gasteiger partial charge >= 0.3 is 0 Å². The lowest BCUT2D eigenvalue weighted by atomic mass is 9.82. The van der Waals surface area contributed by atoms with E-state index in [2.05, 4.69) is 20.8 Å². The molecule has 0 aromatic rings. The fourth-order valence-corrected chi connectivity index (χ4v) is 8.46. The van der Waals surface area contributed by atoms with E-state index in [-0.39, 0.29) is 31.0 Å². The highest BCUT2D eigenvalue weighted by Gasteiger charge is 2.27. The normalized spacial score (nSPS) is 11.3. The standard InChI is InChI=1S/C49H101N.2ClH.H3N/c1-4-7-10-13-16-19-22-25-28-31-34-37-40-43-46-49(50,47-44-41-38-35-32-29-26-23-20-17-14-11-8-5-2)48-45-42-39-36-33-30-27-24-21-18-15-12-9-6-3;;;/h4-48,50H2,1-3H3;2*1H;1H3. The molecule has 0 saturated heterocycles. The second kappa shape index (κ2) is 52.5. The highest BCUT2D eigenvalue weighted by Crippen LogP contribution is 2.26. The molecule has 0 spiro atoms. The van der Waals surface area contributed by atoms with E-state index in [1.165, 1.54) is 289 Å². The monoisotopic (exact) mass is 793 g/mol. The van der Waals surface area contributed by atoms with Gasteiger partial charge in [0.1, 0.15) is 0 Å². The van der Waals surface area contributed by atoms with Crippen LogP contribution in [0.25, 0.3) is 0 Å². The fraction of sp³-hybridized carbons (Fsp3) is 1.00. The maximum absolute atomic E-state index is 4.97. The second-order valence-corrected chi connectivity index (χ2v) is 17.5. The molecule has 326 valence electrons. The average Bonchev–Trinajstić information content (AvgIpc) is 3.12. The van der Waals surface area contributed by atoms with Crippen molar-refractivity contribution in [2.75, 3.05) is 0 Å². The van der Waals surface area contributed by atoms with Gasteiger partial charge in [-0.1, -0.05) is 271 Å². The van der Waals surface area contributed by atoms with Crippen LogP contribution < -0.4 is 36.7 Å². The van der Waals surface area contributed by atoms with Crippen LogP contribution in [0, 0.1) is 0 Å². The zero-order chi connectivity index (χ0) is 36.3. The summed E-state index contributed by atoms with van der Waals surface area (Å²) in [4.78, 5) is 0. The van der Waals surface area contributed by atoms with E-state index in [4.69, 9.17) is 5.73 Å². The first-order chi connectivity index (χ1) is 24.7. The summed E-state index contributed by atoms with van der Waals surface area (Å²) in [6.45, 7) is 6.95. The zero-order valence-electron chi connectivity index (χ0n) is 37.8. The maximum Gasteiger partial charge on any atom is 0.0945 e. The predicted molar refractivity (Wildman–Crippen MR) is 236 cm³/mol. The van der Waals surface area contributed by atoms with E-state index in [0.717, 1.165) is 0 Å². The molecule has 0 unspecified atom stereocenters. The minimum atomic E-state index is 0. The maximum atomic E-state index is 4.97. The Morgan fingerprint density at radius 3 is 0.472 bits per heavy atom. The van der Waals surface area contributed by atoms with Crippen LogP contribution in [-0.4, -0.2) is 5.54 Å². The van der Waals surface area contributed by atoms with Crippen LogP contribution in [0.15, 0.2) is 0 Å². The van der Waals surface area contributed by atoms with Gasteiger partial charge in [0.25, 0.3) is 0 Å². The molecular formula is C49H106Cl2N2. The van der Waals surface area contributed by atoms with Crippen molar-refractivity contribution < 1.29 is 30.5 Å². The molecule has 0 aromatic heterocycles. The molecule has 7 N–H and O–H groups in total. The molecule has 0 amide bonds. The minimum Gasteiger partial charge on any atom is -1.00 e. The van der Waals surface area contributed by atoms with Crippen LogP contribution in [0.3, 0.4) is 0 Å². The SMILES string of the molecule is CCCCCCCCCCCCCCCCC([NH3+])(CCCCCCCCCCCCCCCC)CCCCCCCCCCCCCCCC.[Cl-].[Cl-].[NH4+]. The molecule has 0 heterocycles. The second-order valence-electron chi connectivity index (χ2n) is 17.5. The first kappa shape index (κ1) is 60.2. The topological polar surface area (TPSA) is 64.1 Å². The van der Waals surface area contributed by atoms with Gasteiger partial charge in [0.15, 0.2) is 0 Å². The number of hydrogen-bond acceptors (Lipinski definition) is 0. The largest absolute Gasteiger partial charge is 1.00 e. The Kier molecular flexibility index (Phi) is 59.6. The lowest BCUT2D eigenvalue weighted by Crippen LogP contribution is -3.00. The Morgan fingerprint density at radius 2 is 0.340 bits per heavy atom. The van der Waals surface area contributed by atoms with Gasteiger partial charge in [-0.05, 0) is 19.3 Å². The molecule has 0 bridgehead atoms. The molecule has 0 aromatic carbocycles. The smallest absolute Gasteiger partial charge is 0.0945 e. The lowest BCUT2D eigenvalue weighted by molar-refractivity contribution is -0.484. The van der Waals surface area contributed by atoms with Crippen molar-refractivity contribution in [3.63, 3.8) is 0 Å². The summed E-state index contributed by atoms with van der Waals surface area (Å²) in [6, 6.07) is 0. The summed E-state index contributed by atoms with van der Waals surface area (Å²) in [5.74, 6) is 0. The van der Waals surface area contributed by atoms with Crippen molar-refractivity contribution in [1.82, 2.24) is 6.15 Å². The van der Waals surface area contributed by atoms with Gasteiger partial charge in [-0.3, -0.25) is 0 Å². The molecule has 0 aliphatic heterocycles. The van der Waals surface area contributed by atoms with Crippen molar-refractivity contribution in [3.8, 4) is 0 Å². The first-order valence-corrected chi connectivity index (χ1v) is 24.5. The number of quaternary nitrogens is 2. The molecule has 0 aliphatic rings. The highest BCUT2D eigenvalue weighted by atomic mass is 35.5. The number of hydrogen-bond donors (Lipinski definition) is 2. The van der Waals surface area contributed by atoms with E-state index in [9.17, 15) is 0 Å². The van der Waals surface area contributed by atoms with Gasteiger partial charge in [0.2, 0.25) is 0 Å². The van der Waals surface area contributed by atoms with Crippen molar-refractivity contribution >= 4 is 0 Å². The summed E-state index contributed by atoms with van der Waals surface area (Å²) in [5.41, 5.74) is 5.33. The van der Waals surface area contributed by atoms with Crippen LogP contribution in [0.5, 0.6) is 0 Å². The molecular weight excluding hydrogens is 687 g/mol. The highest BCUT2D eigenvalue weighted by molar-refractivity contribution is 4.77. The summed E-state index contributed by atoms with van der Waals surface area (Å²) in [7, 11) is 0. The number of rotatable bonds is 45. The third kappa shape index (κ3) is 50.5. The minimum absolute atomic E-state index is 0. The van der Waals surface area contributed by atoms with E-state index in [1.54, 1.807) is 0 Å². The summed E-state index contributed by atoms with van der Waals surface area (Å²) in [6.07, 6.45) is 65.5. The molecule has 53 heavy (non-hydrogen) atoms. The van der Waals surface area contributed by atoms with Crippen molar-refractivity contribution in [2.24, 2.45) is 0 Å². The van der Waals surface area contributed by atoms with E-state index in [0.29, 0.717) is 5.54 Å². The van der Waals surface area contributed by atoms with Gasteiger partial charge in [0.05, 0.1) is 5.54 Å². The molecule has 2 nitrogen and oxygen atoms in total. The summed E-state index contributed by atoms with van der Waals surface area (Å²) < 4.78 is 0. The van der Waals surface area contributed by atoms with Gasteiger partial charge in [-0.15, -0.1) is 0 Å². The predicted octanol–water partition coefficient (Wildman–Crippen LogP) is 12.0. The van der Waals surface area contributed by atoms with Crippen LogP contribution >= 0.6 is 0 Å². The van der Waals surface area contributed by atoms with Crippen LogP contribution in [0.4, 0.5) is 0 Å². The third-order valence-corrected chi connectivity index (χ3v) is 12.2. The van der Waals surface area contributed by atoms with E-state index >= 15 is 0 Å². The molecule has 0 aliphatic carbocycles. The van der Waals surface area contributed by atoms with Crippen LogP contribution in [-0.2, 0) is 0 Å². The molecule has 0 saturated carbocycles. The molecule has 4 heteroatoms. The zero-order valence-corrected chi connectivity index (χ0v) is 39.3.